The minimum Gasteiger partial charge on any atom is -0.377 e. The molecule has 3 nitrogen and oxygen atoms in total. The van der Waals surface area contributed by atoms with Crippen LogP contribution >= 0.6 is 0 Å². The largest absolute Gasteiger partial charge is 0.377 e. The minimum absolute atomic E-state index is 0.0945. The molecule has 0 saturated carbocycles. The average molecular weight is 265 g/mol. The molecule has 0 aliphatic carbocycles. The van der Waals surface area contributed by atoms with Gasteiger partial charge in [-0.05, 0) is 40.3 Å². The topological polar surface area (TPSA) is 30.5 Å². The lowest BCUT2D eigenvalue weighted by atomic mass is 10.1. The molecule has 1 unspecified atom stereocenters. The molecule has 0 amide bonds. The molecule has 0 aromatic heterocycles. The zero-order chi connectivity index (χ0) is 14.3. The number of ether oxygens (including phenoxy) is 2. The molecule has 3 heteroatoms. The summed E-state index contributed by atoms with van der Waals surface area (Å²) in [5, 5.41) is 3.28. The molecule has 0 saturated heterocycles. The standard InChI is InChI=1S/C16H27NO2/c1-13-6-8-14(9-7-13)15(17-5)12-18-10-11-19-16(2,3)4/h6-9,15,17H,10-12H2,1-5H3. The summed E-state index contributed by atoms with van der Waals surface area (Å²) in [5.41, 5.74) is 2.44. The van der Waals surface area contributed by atoms with Gasteiger partial charge in [-0.2, -0.15) is 0 Å². The molecule has 1 atom stereocenters. The van der Waals surface area contributed by atoms with Crippen LogP contribution < -0.4 is 5.32 Å². The molecule has 19 heavy (non-hydrogen) atoms. The van der Waals surface area contributed by atoms with E-state index in [4.69, 9.17) is 9.47 Å². The van der Waals surface area contributed by atoms with Gasteiger partial charge in [0.15, 0.2) is 0 Å². The SMILES string of the molecule is CNC(COCCOC(C)(C)C)c1ccc(C)cc1. The highest BCUT2D eigenvalue weighted by molar-refractivity contribution is 5.24. The molecule has 1 N–H and O–H groups in total. The summed E-state index contributed by atoms with van der Waals surface area (Å²) in [5.74, 6) is 0. The highest BCUT2D eigenvalue weighted by Crippen LogP contribution is 2.14. The maximum absolute atomic E-state index is 5.68. The second-order valence-electron chi connectivity index (χ2n) is 5.79. The van der Waals surface area contributed by atoms with Crippen LogP contribution in [0.5, 0.6) is 0 Å². The van der Waals surface area contributed by atoms with E-state index in [0.29, 0.717) is 19.8 Å². The first-order valence-corrected chi connectivity index (χ1v) is 6.88. The van der Waals surface area contributed by atoms with E-state index in [9.17, 15) is 0 Å². The number of aryl methyl sites for hydroxylation is 1. The van der Waals surface area contributed by atoms with E-state index >= 15 is 0 Å². The first-order chi connectivity index (χ1) is 8.92. The van der Waals surface area contributed by atoms with Gasteiger partial charge in [-0.15, -0.1) is 0 Å². The van der Waals surface area contributed by atoms with Gasteiger partial charge in [0, 0.05) is 0 Å². The molecule has 0 bridgehead atoms. The van der Waals surface area contributed by atoms with Crippen LogP contribution in [-0.2, 0) is 9.47 Å². The van der Waals surface area contributed by atoms with Crippen molar-refractivity contribution in [3.05, 3.63) is 35.4 Å². The van der Waals surface area contributed by atoms with Gasteiger partial charge in [0.05, 0.1) is 31.5 Å². The number of nitrogens with one attached hydrogen (secondary N) is 1. The van der Waals surface area contributed by atoms with Crippen molar-refractivity contribution in [1.29, 1.82) is 0 Å². The van der Waals surface area contributed by atoms with E-state index in [1.807, 2.05) is 7.05 Å². The van der Waals surface area contributed by atoms with E-state index < -0.39 is 0 Å². The van der Waals surface area contributed by atoms with Gasteiger partial charge in [0.2, 0.25) is 0 Å². The molecule has 0 spiro atoms. The first-order valence-electron chi connectivity index (χ1n) is 6.88. The Labute approximate surface area is 117 Å². The van der Waals surface area contributed by atoms with Crippen LogP contribution in [0.4, 0.5) is 0 Å². The fourth-order valence-electron chi connectivity index (χ4n) is 1.75. The minimum atomic E-state index is -0.0945. The van der Waals surface area contributed by atoms with Crippen molar-refractivity contribution in [1.82, 2.24) is 5.32 Å². The quantitative estimate of drug-likeness (QED) is 0.769. The summed E-state index contributed by atoms with van der Waals surface area (Å²) in [6.45, 7) is 10.2. The third-order valence-electron chi connectivity index (χ3n) is 2.88. The Bertz CT molecular complexity index is 354. The van der Waals surface area contributed by atoms with Gasteiger partial charge in [0.25, 0.3) is 0 Å². The monoisotopic (exact) mass is 265 g/mol. The van der Waals surface area contributed by atoms with Gasteiger partial charge in [-0.3, -0.25) is 0 Å². The summed E-state index contributed by atoms with van der Waals surface area (Å²) < 4.78 is 11.3. The summed E-state index contributed by atoms with van der Waals surface area (Å²) in [6.07, 6.45) is 0. The fraction of sp³-hybridized carbons (Fsp3) is 0.625. The van der Waals surface area contributed by atoms with Crippen molar-refractivity contribution in [2.75, 3.05) is 26.9 Å². The van der Waals surface area contributed by atoms with E-state index in [2.05, 4.69) is 57.3 Å². The summed E-state index contributed by atoms with van der Waals surface area (Å²) in [6, 6.07) is 8.78. The number of likely N-dealkylation sites (N-methyl/N-ethyl adjacent to an activating group) is 1. The number of hydrogen-bond donors (Lipinski definition) is 1. The summed E-state index contributed by atoms with van der Waals surface area (Å²) >= 11 is 0. The van der Waals surface area contributed by atoms with Crippen molar-refractivity contribution in [3.8, 4) is 0 Å². The van der Waals surface area contributed by atoms with Crippen LogP contribution in [0.2, 0.25) is 0 Å². The van der Waals surface area contributed by atoms with E-state index in [-0.39, 0.29) is 11.6 Å². The molecule has 1 aromatic rings. The van der Waals surface area contributed by atoms with Crippen molar-refractivity contribution in [2.45, 2.75) is 39.3 Å². The van der Waals surface area contributed by atoms with Crippen molar-refractivity contribution in [3.63, 3.8) is 0 Å². The lowest BCUT2D eigenvalue weighted by molar-refractivity contribution is -0.0372. The normalized spacial score (nSPS) is 13.5. The Morgan fingerprint density at radius 2 is 1.74 bits per heavy atom. The third kappa shape index (κ3) is 6.71. The van der Waals surface area contributed by atoms with Gasteiger partial charge in [0.1, 0.15) is 0 Å². The van der Waals surface area contributed by atoms with E-state index in [1.165, 1.54) is 11.1 Å². The van der Waals surface area contributed by atoms with Crippen LogP contribution in [0.15, 0.2) is 24.3 Å². The molecule has 0 fully saturated rings. The zero-order valence-corrected chi connectivity index (χ0v) is 12.8. The third-order valence-corrected chi connectivity index (χ3v) is 2.88. The molecular formula is C16H27NO2. The van der Waals surface area contributed by atoms with Gasteiger partial charge in [-0.25, -0.2) is 0 Å². The lowest BCUT2D eigenvalue weighted by Crippen LogP contribution is -2.25. The van der Waals surface area contributed by atoms with Crippen LogP contribution in [0.25, 0.3) is 0 Å². The van der Waals surface area contributed by atoms with Gasteiger partial charge >= 0.3 is 0 Å². The molecule has 1 aromatic carbocycles. The molecule has 0 heterocycles. The predicted molar refractivity (Wildman–Crippen MR) is 79.5 cm³/mol. The molecule has 0 radical (unpaired) electrons. The maximum Gasteiger partial charge on any atom is 0.0707 e. The Hall–Kier alpha value is -0.900. The number of hydrogen-bond acceptors (Lipinski definition) is 3. The van der Waals surface area contributed by atoms with Crippen LogP contribution in [0.3, 0.4) is 0 Å². The first kappa shape index (κ1) is 16.2. The molecular weight excluding hydrogens is 238 g/mol. The van der Waals surface area contributed by atoms with E-state index in [0.717, 1.165) is 0 Å². The molecule has 1 rings (SSSR count). The zero-order valence-electron chi connectivity index (χ0n) is 12.8. The highest BCUT2D eigenvalue weighted by atomic mass is 16.5. The van der Waals surface area contributed by atoms with Crippen molar-refractivity contribution >= 4 is 0 Å². The smallest absolute Gasteiger partial charge is 0.0707 e. The van der Waals surface area contributed by atoms with Crippen LogP contribution in [0.1, 0.15) is 37.9 Å². The van der Waals surface area contributed by atoms with Crippen molar-refractivity contribution < 1.29 is 9.47 Å². The second-order valence-corrected chi connectivity index (χ2v) is 5.79. The molecule has 0 aliphatic rings. The summed E-state index contributed by atoms with van der Waals surface area (Å²) in [7, 11) is 1.96. The maximum atomic E-state index is 5.68. The predicted octanol–water partition coefficient (Wildman–Crippen LogP) is 3.09. The Morgan fingerprint density at radius 3 is 2.26 bits per heavy atom. The highest BCUT2D eigenvalue weighted by Gasteiger charge is 2.11. The van der Waals surface area contributed by atoms with Gasteiger partial charge < -0.3 is 14.8 Å². The molecule has 108 valence electrons. The summed E-state index contributed by atoms with van der Waals surface area (Å²) in [4.78, 5) is 0. The Kier molecular flexibility index (Phi) is 6.49. The second kappa shape index (κ2) is 7.63. The fourth-order valence-corrected chi connectivity index (χ4v) is 1.75. The Morgan fingerprint density at radius 1 is 1.11 bits per heavy atom. The van der Waals surface area contributed by atoms with Crippen molar-refractivity contribution in [2.24, 2.45) is 0 Å². The van der Waals surface area contributed by atoms with Gasteiger partial charge in [-0.1, -0.05) is 29.8 Å². The van der Waals surface area contributed by atoms with E-state index in [1.54, 1.807) is 0 Å². The average Bonchev–Trinajstić information content (AvgIpc) is 2.34. The van der Waals surface area contributed by atoms with Crippen LogP contribution in [-0.4, -0.2) is 32.5 Å². The number of benzene rings is 1. The Balaban J connectivity index is 2.31. The lowest BCUT2D eigenvalue weighted by Gasteiger charge is -2.21. The van der Waals surface area contributed by atoms with Crippen LogP contribution in [0, 0.1) is 6.92 Å². The molecule has 0 aliphatic heterocycles. The number of rotatable bonds is 7.